The number of rotatable bonds is 11. The third-order valence-electron chi connectivity index (χ3n) is 2.21. The molecule has 2 N–H and O–H groups in total. The van der Waals surface area contributed by atoms with Crippen LogP contribution in [0.4, 0.5) is 0 Å². The maximum absolute atomic E-state index is 5.52. The monoisotopic (exact) mass is 287 g/mol. The second kappa shape index (κ2) is 13.7. The second-order valence-corrected chi connectivity index (χ2v) is 5.76. The molecule has 0 aromatic carbocycles. The molecule has 0 aliphatic heterocycles. The summed E-state index contributed by atoms with van der Waals surface area (Å²) in [6, 6.07) is 0. The van der Waals surface area contributed by atoms with E-state index in [9.17, 15) is 0 Å². The summed E-state index contributed by atoms with van der Waals surface area (Å²) in [5.74, 6) is 3.53. The molecule has 112 valence electrons. The first-order valence-electron chi connectivity index (χ1n) is 6.91. The van der Waals surface area contributed by atoms with Crippen LogP contribution in [0.25, 0.3) is 0 Å². The minimum atomic E-state index is 0.607. The Morgan fingerprint density at radius 1 is 1.37 bits per heavy atom. The van der Waals surface area contributed by atoms with Crippen LogP contribution in [0.1, 0.15) is 20.3 Å². The molecule has 0 saturated carbocycles. The van der Waals surface area contributed by atoms with Gasteiger partial charge in [0.1, 0.15) is 0 Å². The Morgan fingerprint density at radius 3 is 2.74 bits per heavy atom. The second-order valence-electron chi connectivity index (χ2n) is 4.61. The van der Waals surface area contributed by atoms with Crippen LogP contribution in [0, 0.1) is 5.92 Å². The molecule has 0 radical (unpaired) electrons. The molecular weight excluding hydrogens is 258 g/mol. The van der Waals surface area contributed by atoms with Crippen LogP contribution >= 0.6 is 11.8 Å². The Hall–Kier alpha value is -0.680. The molecule has 4 nitrogen and oxygen atoms in total. The van der Waals surface area contributed by atoms with E-state index in [4.69, 9.17) is 4.74 Å². The van der Waals surface area contributed by atoms with Gasteiger partial charge in [-0.15, -0.1) is 6.58 Å². The number of guanidine groups is 1. The molecule has 0 atom stereocenters. The average molecular weight is 287 g/mol. The average Bonchev–Trinajstić information content (AvgIpc) is 2.39. The molecule has 0 aromatic heterocycles. The van der Waals surface area contributed by atoms with Gasteiger partial charge in [0.05, 0.1) is 0 Å². The van der Waals surface area contributed by atoms with Crippen molar-refractivity contribution in [2.45, 2.75) is 20.3 Å². The smallest absolute Gasteiger partial charge is 0.191 e. The number of hydrogen-bond acceptors (Lipinski definition) is 3. The van der Waals surface area contributed by atoms with Crippen LogP contribution in [0.3, 0.4) is 0 Å². The van der Waals surface area contributed by atoms with Gasteiger partial charge < -0.3 is 15.4 Å². The fraction of sp³-hybridized carbons (Fsp3) is 0.786. The van der Waals surface area contributed by atoms with Gasteiger partial charge in [-0.05, 0) is 12.3 Å². The van der Waals surface area contributed by atoms with E-state index in [2.05, 4.69) is 36.1 Å². The Labute approximate surface area is 122 Å². The van der Waals surface area contributed by atoms with Crippen molar-refractivity contribution in [3.8, 4) is 0 Å². The van der Waals surface area contributed by atoms with E-state index in [1.165, 1.54) is 0 Å². The zero-order chi connectivity index (χ0) is 14.3. The van der Waals surface area contributed by atoms with Crippen LogP contribution in [0.2, 0.25) is 0 Å². The van der Waals surface area contributed by atoms with Gasteiger partial charge in [-0.3, -0.25) is 4.99 Å². The van der Waals surface area contributed by atoms with Crippen LogP contribution in [-0.2, 0) is 4.74 Å². The fourth-order valence-corrected chi connectivity index (χ4v) is 1.91. The number of aliphatic imine (C=N–C) groups is 1. The summed E-state index contributed by atoms with van der Waals surface area (Å²) in [6.45, 7) is 11.5. The maximum Gasteiger partial charge on any atom is 0.191 e. The van der Waals surface area contributed by atoms with Gasteiger partial charge in [0.25, 0.3) is 0 Å². The molecule has 0 amide bonds. The molecule has 0 heterocycles. The van der Waals surface area contributed by atoms with E-state index in [1.54, 1.807) is 7.05 Å². The van der Waals surface area contributed by atoms with E-state index < -0.39 is 0 Å². The van der Waals surface area contributed by atoms with Gasteiger partial charge in [-0.2, -0.15) is 11.8 Å². The van der Waals surface area contributed by atoms with E-state index in [0.717, 1.165) is 50.2 Å². The molecule has 0 saturated heterocycles. The van der Waals surface area contributed by atoms with E-state index in [-0.39, 0.29) is 0 Å². The molecule has 0 spiro atoms. The van der Waals surface area contributed by atoms with Crippen LogP contribution in [0.5, 0.6) is 0 Å². The third-order valence-corrected chi connectivity index (χ3v) is 3.17. The Morgan fingerprint density at radius 2 is 2.11 bits per heavy atom. The van der Waals surface area contributed by atoms with Crippen molar-refractivity contribution in [3.63, 3.8) is 0 Å². The highest BCUT2D eigenvalue weighted by Gasteiger charge is 1.97. The molecule has 0 aromatic rings. The highest BCUT2D eigenvalue weighted by molar-refractivity contribution is 7.99. The lowest BCUT2D eigenvalue weighted by Crippen LogP contribution is -2.39. The number of nitrogens with zero attached hydrogens (tertiary/aromatic N) is 1. The van der Waals surface area contributed by atoms with Crippen molar-refractivity contribution in [1.82, 2.24) is 10.6 Å². The van der Waals surface area contributed by atoms with Gasteiger partial charge in [0, 0.05) is 44.9 Å². The summed E-state index contributed by atoms with van der Waals surface area (Å²) < 4.78 is 5.52. The Balaban J connectivity index is 3.42. The number of ether oxygens (including phenoxy) is 1. The molecule has 0 aliphatic carbocycles. The molecule has 0 aliphatic rings. The van der Waals surface area contributed by atoms with Crippen molar-refractivity contribution < 1.29 is 4.74 Å². The Kier molecular flexibility index (Phi) is 13.3. The van der Waals surface area contributed by atoms with Gasteiger partial charge in [0.15, 0.2) is 5.96 Å². The summed E-state index contributed by atoms with van der Waals surface area (Å²) in [5.41, 5.74) is 0. The van der Waals surface area contributed by atoms with Crippen molar-refractivity contribution in [2.75, 3.05) is 44.9 Å². The fourth-order valence-electron chi connectivity index (χ4n) is 1.33. The number of hydrogen-bond donors (Lipinski definition) is 2. The topological polar surface area (TPSA) is 45.7 Å². The minimum absolute atomic E-state index is 0.607. The molecule has 19 heavy (non-hydrogen) atoms. The van der Waals surface area contributed by atoms with Crippen LogP contribution in [0.15, 0.2) is 17.6 Å². The summed E-state index contributed by atoms with van der Waals surface area (Å²) in [4.78, 5) is 4.18. The number of nitrogens with one attached hydrogen (secondary N) is 2. The standard InChI is InChI=1S/C14H29N3OS/c1-5-10-19-11-8-17-14(15-4)16-7-6-9-18-12-13(2)3/h5,13H,1,6-12H2,2-4H3,(H2,15,16,17). The quantitative estimate of drug-likeness (QED) is 0.264. The SMILES string of the molecule is C=CCSCCNC(=NC)NCCCOCC(C)C. The summed E-state index contributed by atoms with van der Waals surface area (Å²) in [6.07, 6.45) is 2.92. The zero-order valence-electron chi connectivity index (χ0n) is 12.6. The maximum atomic E-state index is 5.52. The lowest BCUT2D eigenvalue weighted by atomic mass is 10.2. The van der Waals surface area contributed by atoms with Crippen molar-refractivity contribution in [1.29, 1.82) is 0 Å². The highest BCUT2D eigenvalue weighted by atomic mass is 32.2. The van der Waals surface area contributed by atoms with E-state index >= 15 is 0 Å². The first-order chi connectivity index (χ1) is 9.20. The van der Waals surface area contributed by atoms with Gasteiger partial charge >= 0.3 is 0 Å². The van der Waals surface area contributed by atoms with Crippen molar-refractivity contribution in [3.05, 3.63) is 12.7 Å². The largest absolute Gasteiger partial charge is 0.381 e. The summed E-state index contributed by atoms with van der Waals surface area (Å²) in [7, 11) is 1.79. The minimum Gasteiger partial charge on any atom is -0.381 e. The lowest BCUT2D eigenvalue weighted by Gasteiger charge is -2.12. The normalized spacial score (nSPS) is 11.7. The Bertz CT molecular complexity index is 245. The zero-order valence-corrected chi connectivity index (χ0v) is 13.4. The first kappa shape index (κ1) is 18.3. The molecule has 0 rings (SSSR count). The lowest BCUT2D eigenvalue weighted by molar-refractivity contribution is 0.108. The number of thioether (sulfide) groups is 1. The molecule has 0 fully saturated rings. The van der Waals surface area contributed by atoms with Gasteiger partial charge in [-0.25, -0.2) is 0 Å². The van der Waals surface area contributed by atoms with Crippen LogP contribution < -0.4 is 10.6 Å². The molecule has 0 unspecified atom stereocenters. The molecule has 5 heteroatoms. The van der Waals surface area contributed by atoms with Crippen molar-refractivity contribution in [2.24, 2.45) is 10.9 Å². The predicted octanol–water partition coefficient (Wildman–Crippen LogP) is 2.13. The van der Waals surface area contributed by atoms with Gasteiger partial charge in [0.2, 0.25) is 0 Å². The predicted molar refractivity (Wildman–Crippen MR) is 87.2 cm³/mol. The highest BCUT2D eigenvalue weighted by Crippen LogP contribution is 1.96. The molecule has 0 bridgehead atoms. The third kappa shape index (κ3) is 13.6. The summed E-state index contributed by atoms with van der Waals surface area (Å²) in [5, 5.41) is 6.56. The van der Waals surface area contributed by atoms with E-state index in [0.29, 0.717) is 5.92 Å². The van der Waals surface area contributed by atoms with Crippen molar-refractivity contribution >= 4 is 17.7 Å². The molecular formula is C14H29N3OS. The summed E-state index contributed by atoms with van der Waals surface area (Å²) >= 11 is 1.86. The van der Waals surface area contributed by atoms with Crippen LogP contribution in [-0.4, -0.2) is 50.8 Å². The van der Waals surface area contributed by atoms with Gasteiger partial charge in [-0.1, -0.05) is 19.9 Å². The van der Waals surface area contributed by atoms with E-state index in [1.807, 2.05) is 17.8 Å². The first-order valence-corrected chi connectivity index (χ1v) is 8.07.